The third kappa shape index (κ3) is 3.25. The van der Waals surface area contributed by atoms with Crippen molar-refractivity contribution < 1.29 is 12.8 Å². The SMILES string of the molecule is CCn1cc(S(=O)(=O)Nc2cc(C)ccc2F)cc1CN. The zero-order valence-corrected chi connectivity index (χ0v) is 12.7. The first kappa shape index (κ1) is 15.5. The molecule has 0 radical (unpaired) electrons. The van der Waals surface area contributed by atoms with E-state index in [4.69, 9.17) is 5.73 Å². The highest BCUT2D eigenvalue weighted by Crippen LogP contribution is 2.22. The van der Waals surface area contributed by atoms with Crippen molar-refractivity contribution in [1.29, 1.82) is 0 Å². The Balaban J connectivity index is 2.38. The van der Waals surface area contributed by atoms with Gasteiger partial charge in [0.2, 0.25) is 0 Å². The number of aryl methyl sites for hydroxylation is 2. The highest BCUT2D eigenvalue weighted by molar-refractivity contribution is 7.92. The zero-order valence-electron chi connectivity index (χ0n) is 11.9. The molecule has 21 heavy (non-hydrogen) atoms. The lowest BCUT2D eigenvalue weighted by molar-refractivity contribution is 0.598. The van der Waals surface area contributed by atoms with Crippen LogP contribution >= 0.6 is 0 Å². The number of nitrogens with two attached hydrogens (primary N) is 1. The lowest BCUT2D eigenvalue weighted by atomic mass is 10.2. The summed E-state index contributed by atoms with van der Waals surface area (Å²) in [5.74, 6) is -0.613. The van der Waals surface area contributed by atoms with Gasteiger partial charge in [0.1, 0.15) is 10.7 Å². The molecule has 0 aliphatic rings. The van der Waals surface area contributed by atoms with Crippen molar-refractivity contribution in [3.63, 3.8) is 0 Å². The number of hydrogen-bond donors (Lipinski definition) is 2. The molecule has 3 N–H and O–H groups in total. The second kappa shape index (κ2) is 5.87. The van der Waals surface area contributed by atoms with Crippen LogP contribution in [0.25, 0.3) is 0 Å². The molecule has 0 unspecified atom stereocenters. The summed E-state index contributed by atoms with van der Waals surface area (Å²) in [4.78, 5) is 0.0747. The predicted octanol–water partition coefficient (Wildman–Crippen LogP) is 2.22. The summed E-state index contributed by atoms with van der Waals surface area (Å²) in [6, 6.07) is 5.76. The molecule has 1 aromatic carbocycles. The summed E-state index contributed by atoms with van der Waals surface area (Å²) in [5.41, 5.74) is 7.00. The van der Waals surface area contributed by atoms with Crippen LogP contribution < -0.4 is 10.5 Å². The Labute approximate surface area is 123 Å². The standard InChI is InChI=1S/C14H18FN3O2S/c1-3-18-9-12(7-11(18)8-16)21(19,20)17-14-6-10(2)4-5-13(14)15/h4-7,9,17H,3,8,16H2,1-2H3. The highest BCUT2D eigenvalue weighted by atomic mass is 32.2. The Hall–Kier alpha value is -1.86. The average Bonchev–Trinajstić information content (AvgIpc) is 2.86. The second-order valence-electron chi connectivity index (χ2n) is 4.75. The number of aromatic nitrogens is 1. The minimum Gasteiger partial charge on any atom is -0.349 e. The van der Waals surface area contributed by atoms with Gasteiger partial charge in [-0.25, -0.2) is 12.8 Å². The molecule has 0 spiro atoms. The third-order valence-corrected chi connectivity index (χ3v) is 4.52. The molecular formula is C14H18FN3O2S. The van der Waals surface area contributed by atoms with Crippen LogP contribution in [0, 0.1) is 12.7 Å². The quantitative estimate of drug-likeness (QED) is 0.889. The van der Waals surface area contributed by atoms with Crippen LogP contribution in [0.1, 0.15) is 18.2 Å². The molecule has 2 rings (SSSR count). The Kier molecular flexibility index (Phi) is 4.34. The number of halogens is 1. The van der Waals surface area contributed by atoms with Crippen molar-refractivity contribution in [2.75, 3.05) is 4.72 Å². The summed E-state index contributed by atoms with van der Waals surface area (Å²) in [5, 5.41) is 0. The first-order chi connectivity index (χ1) is 9.87. The minimum absolute atomic E-state index is 0.0615. The largest absolute Gasteiger partial charge is 0.349 e. The first-order valence-electron chi connectivity index (χ1n) is 6.55. The highest BCUT2D eigenvalue weighted by Gasteiger charge is 2.19. The van der Waals surface area contributed by atoms with E-state index in [-0.39, 0.29) is 17.1 Å². The minimum atomic E-state index is -3.84. The van der Waals surface area contributed by atoms with E-state index in [2.05, 4.69) is 4.72 Å². The van der Waals surface area contributed by atoms with Gasteiger partial charge in [0, 0.05) is 25.0 Å². The number of rotatable bonds is 5. The number of anilines is 1. The van der Waals surface area contributed by atoms with Gasteiger partial charge in [0.05, 0.1) is 5.69 Å². The average molecular weight is 311 g/mol. The van der Waals surface area contributed by atoms with E-state index in [1.54, 1.807) is 17.6 Å². The van der Waals surface area contributed by atoms with Crippen LogP contribution in [-0.2, 0) is 23.1 Å². The van der Waals surface area contributed by atoms with E-state index < -0.39 is 15.8 Å². The van der Waals surface area contributed by atoms with E-state index in [1.807, 2.05) is 6.92 Å². The van der Waals surface area contributed by atoms with Gasteiger partial charge in [-0.1, -0.05) is 6.07 Å². The van der Waals surface area contributed by atoms with Crippen LogP contribution in [0.3, 0.4) is 0 Å². The summed E-state index contributed by atoms with van der Waals surface area (Å²) in [7, 11) is -3.84. The first-order valence-corrected chi connectivity index (χ1v) is 8.03. The maximum atomic E-state index is 13.7. The van der Waals surface area contributed by atoms with Gasteiger partial charge in [-0.2, -0.15) is 0 Å². The lowest BCUT2D eigenvalue weighted by Gasteiger charge is -2.08. The summed E-state index contributed by atoms with van der Waals surface area (Å²) in [6.45, 7) is 4.50. The Morgan fingerprint density at radius 1 is 1.33 bits per heavy atom. The maximum absolute atomic E-state index is 13.7. The van der Waals surface area contributed by atoms with E-state index >= 15 is 0 Å². The van der Waals surface area contributed by atoms with Crippen molar-refractivity contribution in [3.8, 4) is 0 Å². The van der Waals surface area contributed by atoms with Gasteiger partial charge in [-0.05, 0) is 37.6 Å². The van der Waals surface area contributed by atoms with Crippen LogP contribution in [0.15, 0.2) is 35.4 Å². The lowest BCUT2D eigenvalue weighted by Crippen LogP contribution is -2.13. The Morgan fingerprint density at radius 2 is 2.05 bits per heavy atom. The maximum Gasteiger partial charge on any atom is 0.263 e. The van der Waals surface area contributed by atoms with E-state index in [1.165, 1.54) is 24.4 Å². The molecule has 1 heterocycles. The van der Waals surface area contributed by atoms with Gasteiger partial charge in [0.15, 0.2) is 0 Å². The van der Waals surface area contributed by atoms with Crippen molar-refractivity contribution in [2.24, 2.45) is 5.73 Å². The summed E-state index contributed by atoms with van der Waals surface area (Å²) >= 11 is 0. The van der Waals surface area contributed by atoms with Crippen LogP contribution in [0.2, 0.25) is 0 Å². The monoisotopic (exact) mass is 311 g/mol. The van der Waals surface area contributed by atoms with Gasteiger partial charge >= 0.3 is 0 Å². The van der Waals surface area contributed by atoms with E-state index in [0.29, 0.717) is 12.2 Å². The fourth-order valence-corrected chi connectivity index (χ4v) is 3.18. The normalized spacial score (nSPS) is 11.6. The molecule has 0 atom stereocenters. The van der Waals surface area contributed by atoms with Crippen molar-refractivity contribution in [2.45, 2.75) is 31.8 Å². The van der Waals surface area contributed by atoms with Gasteiger partial charge < -0.3 is 10.3 Å². The van der Waals surface area contributed by atoms with Gasteiger partial charge in [-0.15, -0.1) is 0 Å². The van der Waals surface area contributed by atoms with Crippen molar-refractivity contribution in [3.05, 3.63) is 47.5 Å². The molecule has 0 saturated heterocycles. The van der Waals surface area contributed by atoms with Crippen LogP contribution in [0.5, 0.6) is 0 Å². The number of hydrogen-bond acceptors (Lipinski definition) is 3. The Bertz CT molecular complexity index is 732. The van der Waals surface area contributed by atoms with Crippen LogP contribution in [-0.4, -0.2) is 13.0 Å². The smallest absolute Gasteiger partial charge is 0.263 e. The topological polar surface area (TPSA) is 77.1 Å². The summed E-state index contributed by atoms with van der Waals surface area (Å²) in [6.07, 6.45) is 1.50. The number of benzene rings is 1. The molecule has 114 valence electrons. The number of nitrogens with one attached hydrogen (secondary N) is 1. The summed E-state index contributed by atoms with van der Waals surface area (Å²) < 4.78 is 42.4. The predicted molar refractivity (Wildman–Crippen MR) is 79.9 cm³/mol. The molecule has 0 amide bonds. The molecule has 0 aliphatic heterocycles. The fraction of sp³-hybridized carbons (Fsp3) is 0.286. The van der Waals surface area contributed by atoms with Gasteiger partial charge in [-0.3, -0.25) is 4.72 Å². The molecule has 2 aromatic rings. The molecule has 0 aliphatic carbocycles. The molecule has 7 heteroatoms. The molecule has 0 fully saturated rings. The van der Waals surface area contributed by atoms with Crippen molar-refractivity contribution >= 4 is 15.7 Å². The van der Waals surface area contributed by atoms with Gasteiger partial charge in [0.25, 0.3) is 10.0 Å². The third-order valence-electron chi connectivity index (χ3n) is 3.19. The molecule has 0 saturated carbocycles. The van der Waals surface area contributed by atoms with E-state index in [0.717, 1.165) is 5.56 Å². The fourth-order valence-electron chi connectivity index (χ4n) is 2.06. The van der Waals surface area contributed by atoms with Crippen molar-refractivity contribution in [1.82, 2.24) is 4.57 Å². The molecule has 0 bridgehead atoms. The second-order valence-corrected chi connectivity index (χ2v) is 6.43. The van der Waals surface area contributed by atoms with Crippen LogP contribution in [0.4, 0.5) is 10.1 Å². The number of sulfonamides is 1. The van der Waals surface area contributed by atoms with E-state index in [9.17, 15) is 12.8 Å². The molecular weight excluding hydrogens is 293 g/mol. The molecule has 1 aromatic heterocycles. The Morgan fingerprint density at radius 3 is 2.62 bits per heavy atom. The number of nitrogens with zero attached hydrogens (tertiary/aromatic N) is 1. The molecule has 5 nitrogen and oxygen atoms in total. The zero-order chi connectivity index (χ0) is 15.6.